The third-order valence-corrected chi connectivity index (χ3v) is 8.19. The Bertz CT molecular complexity index is 1520. The number of aromatic nitrogens is 2. The van der Waals surface area contributed by atoms with Crippen LogP contribution in [0, 0.1) is 0 Å². The van der Waals surface area contributed by atoms with Gasteiger partial charge in [-0.15, -0.1) is 10.2 Å². The molecule has 0 saturated heterocycles. The number of nitrogens with one attached hydrogen (secondary N) is 1. The van der Waals surface area contributed by atoms with Crippen LogP contribution in [-0.2, 0) is 16.6 Å². The average molecular weight is 652 g/mol. The summed E-state index contributed by atoms with van der Waals surface area (Å²) in [7, 11) is 3.19. The van der Waals surface area contributed by atoms with Gasteiger partial charge in [0.05, 0.1) is 14.2 Å². The van der Waals surface area contributed by atoms with E-state index in [0.29, 0.717) is 40.2 Å². The molecule has 2 amide bonds. The number of methoxy groups -OCH3 is 2. The molecule has 0 unspecified atom stereocenters. The zero-order valence-corrected chi connectivity index (χ0v) is 26.8. The first-order valence-electron chi connectivity index (χ1n) is 13.6. The van der Waals surface area contributed by atoms with Gasteiger partial charge >= 0.3 is 0 Å². The van der Waals surface area contributed by atoms with E-state index in [2.05, 4.69) is 52.2 Å². The molecule has 4 aromatic rings. The minimum atomic E-state index is -0.236. The predicted molar refractivity (Wildman–Crippen MR) is 171 cm³/mol. The molecule has 0 atom stereocenters. The Kier molecular flexibility index (Phi) is 10.3. The smallest absolute Gasteiger partial charge is 0.253 e. The SMILES string of the molecule is COc1ccc(CCN(CCC(=O)Nc2nnc(-c3ccc(Br)cc3)s2)C(=O)c2ccc(C(C)(C)C)cc2)cc1OC. The van der Waals surface area contributed by atoms with Gasteiger partial charge < -0.3 is 19.7 Å². The van der Waals surface area contributed by atoms with Crippen LogP contribution in [0.4, 0.5) is 5.13 Å². The van der Waals surface area contributed by atoms with Crippen LogP contribution in [0.15, 0.2) is 71.2 Å². The quantitative estimate of drug-likeness (QED) is 0.188. The van der Waals surface area contributed by atoms with Crippen molar-refractivity contribution in [2.75, 3.05) is 32.6 Å². The zero-order valence-electron chi connectivity index (χ0n) is 24.4. The maximum atomic E-state index is 13.6. The van der Waals surface area contributed by atoms with Crippen LogP contribution in [0.1, 0.15) is 48.7 Å². The summed E-state index contributed by atoms with van der Waals surface area (Å²) < 4.78 is 11.8. The number of halogens is 1. The third-order valence-electron chi connectivity index (χ3n) is 6.77. The zero-order chi connectivity index (χ0) is 30.3. The lowest BCUT2D eigenvalue weighted by molar-refractivity contribution is -0.116. The molecule has 0 spiro atoms. The minimum Gasteiger partial charge on any atom is -0.493 e. The Morgan fingerprint density at radius 1 is 0.905 bits per heavy atom. The fourth-order valence-corrected chi connectivity index (χ4v) is 5.34. The molecule has 0 saturated carbocycles. The molecule has 4 rings (SSSR count). The Balaban J connectivity index is 1.45. The number of hydrogen-bond donors (Lipinski definition) is 1. The number of carbonyl (C=O) groups excluding carboxylic acids is 2. The highest BCUT2D eigenvalue weighted by molar-refractivity contribution is 9.10. The van der Waals surface area contributed by atoms with Crippen LogP contribution in [0.3, 0.4) is 0 Å². The van der Waals surface area contributed by atoms with E-state index in [-0.39, 0.29) is 30.2 Å². The first kappa shape index (κ1) is 31.2. The number of ether oxygens (including phenoxy) is 2. The van der Waals surface area contributed by atoms with E-state index in [0.717, 1.165) is 21.2 Å². The molecule has 0 fully saturated rings. The van der Waals surface area contributed by atoms with Gasteiger partial charge in [0.15, 0.2) is 11.5 Å². The molecule has 3 aromatic carbocycles. The number of benzene rings is 3. The Morgan fingerprint density at radius 2 is 1.60 bits per heavy atom. The summed E-state index contributed by atoms with van der Waals surface area (Å²) >= 11 is 4.73. The van der Waals surface area contributed by atoms with Crippen molar-refractivity contribution in [1.82, 2.24) is 15.1 Å². The van der Waals surface area contributed by atoms with E-state index >= 15 is 0 Å². The number of anilines is 1. The van der Waals surface area contributed by atoms with E-state index in [9.17, 15) is 9.59 Å². The summed E-state index contributed by atoms with van der Waals surface area (Å²) in [6.07, 6.45) is 0.700. The van der Waals surface area contributed by atoms with Gasteiger partial charge in [-0.2, -0.15) is 0 Å². The van der Waals surface area contributed by atoms with Crippen molar-refractivity contribution < 1.29 is 19.1 Å². The summed E-state index contributed by atoms with van der Waals surface area (Å²) in [4.78, 5) is 28.3. The maximum Gasteiger partial charge on any atom is 0.253 e. The second kappa shape index (κ2) is 13.9. The lowest BCUT2D eigenvalue weighted by atomic mass is 9.86. The van der Waals surface area contributed by atoms with Crippen molar-refractivity contribution in [2.45, 2.75) is 39.0 Å². The minimum absolute atomic E-state index is 0.0192. The fraction of sp³-hybridized carbons (Fsp3) is 0.312. The van der Waals surface area contributed by atoms with Crippen LogP contribution in [0.5, 0.6) is 11.5 Å². The highest BCUT2D eigenvalue weighted by Gasteiger charge is 2.20. The molecule has 220 valence electrons. The van der Waals surface area contributed by atoms with E-state index in [1.165, 1.54) is 11.3 Å². The van der Waals surface area contributed by atoms with Crippen molar-refractivity contribution >= 4 is 44.2 Å². The number of carbonyl (C=O) groups is 2. The first-order valence-corrected chi connectivity index (χ1v) is 15.2. The second-order valence-corrected chi connectivity index (χ2v) is 12.7. The predicted octanol–water partition coefficient (Wildman–Crippen LogP) is 7.00. The van der Waals surface area contributed by atoms with Crippen molar-refractivity contribution in [2.24, 2.45) is 0 Å². The number of rotatable bonds is 11. The second-order valence-electron chi connectivity index (χ2n) is 10.8. The number of amides is 2. The van der Waals surface area contributed by atoms with E-state index < -0.39 is 0 Å². The Morgan fingerprint density at radius 3 is 2.24 bits per heavy atom. The maximum absolute atomic E-state index is 13.6. The third kappa shape index (κ3) is 8.17. The summed E-state index contributed by atoms with van der Waals surface area (Å²) in [5.41, 5.74) is 3.62. The molecule has 1 aromatic heterocycles. The van der Waals surface area contributed by atoms with Crippen LogP contribution >= 0.6 is 27.3 Å². The molecule has 10 heteroatoms. The van der Waals surface area contributed by atoms with Gasteiger partial charge in [-0.1, -0.05) is 78.4 Å². The standard InChI is InChI=1S/C32H35BrN4O4S/c1-32(2,3)24-11-7-23(8-12-24)30(39)37(18-16-21-6-15-26(40-4)27(20-21)41-5)19-17-28(38)34-31-36-35-29(42-31)22-9-13-25(33)14-10-22/h6-15,20H,16-19H2,1-5H3,(H,34,36,38). The van der Waals surface area contributed by atoms with Gasteiger partial charge in [-0.3, -0.25) is 9.59 Å². The average Bonchev–Trinajstić information content (AvgIpc) is 3.45. The molecule has 42 heavy (non-hydrogen) atoms. The van der Waals surface area contributed by atoms with Gasteiger partial charge in [0.25, 0.3) is 5.91 Å². The monoisotopic (exact) mass is 650 g/mol. The molecule has 8 nitrogen and oxygen atoms in total. The van der Waals surface area contributed by atoms with Crippen molar-refractivity contribution in [1.29, 1.82) is 0 Å². The van der Waals surface area contributed by atoms with E-state index in [4.69, 9.17) is 9.47 Å². The number of hydrogen-bond acceptors (Lipinski definition) is 7. The molecule has 0 aliphatic rings. The fourth-order valence-electron chi connectivity index (χ4n) is 4.31. The molecule has 0 aliphatic carbocycles. The first-order chi connectivity index (χ1) is 20.1. The summed E-state index contributed by atoms with van der Waals surface area (Å²) in [6, 6.07) is 21.1. The highest BCUT2D eigenvalue weighted by atomic mass is 79.9. The van der Waals surface area contributed by atoms with Crippen LogP contribution in [0.2, 0.25) is 0 Å². The molecule has 0 aliphatic heterocycles. The lowest BCUT2D eigenvalue weighted by Gasteiger charge is -2.24. The Labute approximate surface area is 259 Å². The van der Waals surface area contributed by atoms with Crippen molar-refractivity contribution in [3.63, 3.8) is 0 Å². The van der Waals surface area contributed by atoms with E-state index in [1.807, 2.05) is 66.7 Å². The van der Waals surface area contributed by atoms with Crippen LogP contribution < -0.4 is 14.8 Å². The van der Waals surface area contributed by atoms with Crippen molar-refractivity contribution in [3.05, 3.63) is 87.9 Å². The topological polar surface area (TPSA) is 93.6 Å². The molecule has 0 radical (unpaired) electrons. The molecule has 1 heterocycles. The molecule has 1 N–H and O–H groups in total. The van der Waals surface area contributed by atoms with Gasteiger partial charge in [-0.25, -0.2) is 0 Å². The molecular formula is C32H35BrN4O4S. The summed E-state index contributed by atoms with van der Waals surface area (Å²) in [6.45, 7) is 7.08. The summed E-state index contributed by atoms with van der Waals surface area (Å²) in [5, 5.41) is 12.3. The van der Waals surface area contributed by atoms with Crippen LogP contribution in [0.25, 0.3) is 10.6 Å². The van der Waals surface area contributed by atoms with Crippen molar-refractivity contribution in [3.8, 4) is 22.1 Å². The van der Waals surface area contributed by atoms with Gasteiger partial charge in [0.1, 0.15) is 5.01 Å². The largest absolute Gasteiger partial charge is 0.493 e. The summed E-state index contributed by atoms with van der Waals surface area (Å²) in [5.74, 6) is 0.909. The Hall–Kier alpha value is -3.76. The van der Waals surface area contributed by atoms with Gasteiger partial charge in [0, 0.05) is 35.1 Å². The van der Waals surface area contributed by atoms with E-state index in [1.54, 1.807) is 19.1 Å². The number of nitrogens with zero attached hydrogens (tertiary/aromatic N) is 3. The van der Waals surface area contributed by atoms with Crippen LogP contribution in [-0.4, -0.2) is 54.2 Å². The highest BCUT2D eigenvalue weighted by Crippen LogP contribution is 2.29. The normalized spacial score (nSPS) is 11.2. The molecule has 0 bridgehead atoms. The van der Waals surface area contributed by atoms with Gasteiger partial charge in [0.2, 0.25) is 11.0 Å². The lowest BCUT2D eigenvalue weighted by Crippen LogP contribution is -2.35. The molecular weight excluding hydrogens is 616 g/mol. The van der Waals surface area contributed by atoms with Gasteiger partial charge in [-0.05, 0) is 59.4 Å².